The summed E-state index contributed by atoms with van der Waals surface area (Å²) in [5.74, 6) is 0.315. The molecule has 5 heteroatoms. The van der Waals surface area contributed by atoms with E-state index in [9.17, 15) is 4.79 Å². The van der Waals surface area contributed by atoms with E-state index in [2.05, 4.69) is 27.6 Å². The van der Waals surface area contributed by atoms with Gasteiger partial charge in [-0.25, -0.2) is 0 Å². The molecule has 1 aliphatic carbocycles. The number of hydrogen-bond acceptors (Lipinski definition) is 4. The van der Waals surface area contributed by atoms with E-state index in [1.54, 1.807) is 6.92 Å². The van der Waals surface area contributed by atoms with E-state index < -0.39 is 0 Å². The topological polar surface area (TPSA) is 68.0 Å². The minimum atomic E-state index is -0.134. The van der Waals surface area contributed by atoms with Crippen molar-refractivity contribution in [2.45, 2.75) is 39.0 Å². The highest BCUT2D eigenvalue weighted by Gasteiger charge is 2.14. The Labute approximate surface area is 117 Å². The Morgan fingerprint density at radius 1 is 1.25 bits per heavy atom. The van der Waals surface area contributed by atoms with Crippen molar-refractivity contribution < 1.29 is 9.21 Å². The number of carbonyl (C=O) groups is 1. The second-order valence-corrected chi connectivity index (χ2v) is 5.00. The third kappa shape index (κ3) is 2.57. The third-order valence-corrected chi connectivity index (χ3v) is 3.59. The van der Waals surface area contributed by atoms with Crippen molar-refractivity contribution in [1.82, 2.24) is 10.2 Å². The summed E-state index contributed by atoms with van der Waals surface area (Å²) in [6.07, 6.45) is 5.14. The maximum absolute atomic E-state index is 11.3. The fourth-order valence-electron chi connectivity index (χ4n) is 2.46. The summed E-state index contributed by atoms with van der Waals surface area (Å²) in [6, 6.07) is 6.42. The first-order valence-electron chi connectivity index (χ1n) is 7.02. The van der Waals surface area contributed by atoms with Crippen LogP contribution in [0.1, 0.15) is 37.3 Å². The Morgan fingerprint density at radius 2 is 2.05 bits per heavy atom. The average Bonchev–Trinajstić information content (AvgIpc) is 2.95. The van der Waals surface area contributed by atoms with Gasteiger partial charge in [-0.1, -0.05) is 18.1 Å². The van der Waals surface area contributed by atoms with Crippen LogP contribution in [-0.4, -0.2) is 16.1 Å². The largest absolute Gasteiger partial charge is 0.403 e. The average molecular weight is 271 g/mol. The molecule has 1 aromatic heterocycles. The number of rotatable bonds is 3. The molecule has 0 saturated heterocycles. The second-order valence-electron chi connectivity index (χ2n) is 5.00. The minimum absolute atomic E-state index is 0.134. The highest BCUT2D eigenvalue weighted by atomic mass is 16.4. The zero-order valence-corrected chi connectivity index (χ0v) is 11.5. The van der Waals surface area contributed by atoms with Gasteiger partial charge < -0.3 is 4.42 Å². The molecule has 0 fully saturated rings. The van der Waals surface area contributed by atoms with Gasteiger partial charge in [-0.05, 0) is 48.9 Å². The van der Waals surface area contributed by atoms with Gasteiger partial charge in [-0.2, -0.15) is 0 Å². The Morgan fingerprint density at radius 3 is 2.85 bits per heavy atom. The van der Waals surface area contributed by atoms with Crippen LogP contribution in [0, 0.1) is 0 Å². The maximum Gasteiger partial charge on any atom is 0.322 e. The zero-order valence-electron chi connectivity index (χ0n) is 11.5. The first-order chi connectivity index (χ1) is 9.76. The van der Waals surface area contributed by atoms with Gasteiger partial charge in [0, 0.05) is 12.0 Å². The normalized spacial score (nSPS) is 13.8. The molecule has 0 saturated carbocycles. The minimum Gasteiger partial charge on any atom is -0.403 e. The highest BCUT2D eigenvalue weighted by molar-refractivity contribution is 5.88. The molecule has 5 nitrogen and oxygen atoms in total. The van der Waals surface area contributed by atoms with Crippen LogP contribution in [0.3, 0.4) is 0 Å². The Balaban J connectivity index is 1.84. The van der Waals surface area contributed by atoms with E-state index in [4.69, 9.17) is 4.42 Å². The van der Waals surface area contributed by atoms with Crippen LogP contribution in [0.5, 0.6) is 0 Å². The number of nitrogens with zero attached hydrogens (tertiary/aromatic N) is 2. The second kappa shape index (κ2) is 5.45. The van der Waals surface area contributed by atoms with Crippen LogP contribution < -0.4 is 5.32 Å². The van der Waals surface area contributed by atoms with Crippen LogP contribution >= 0.6 is 0 Å². The van der Waals surface area contributed by atoms with E-state index >= 15 is 0 Å². The van der Waals surface area contributed by atoms with Crippen LogP contribution in [-0.2, 0) is 17.6 Å². The molecule has 20 heavy (non-hydrogen) atoms. The summed E-state index contributed by atoms with van der Waals surface area (Å²) in [7, 11) is 0. The number of carbonyl (C=O) groups excluding carboxylic acids is 1. The smallest absolute Gasteiger partial charge is 0.322 e. The molecule has 0 bridgehead atoms. The molecule has 0 radical (unpaired) electrons. The van der Waals surface area contributed by atoms with Gasteiger partial charge in [0.15, 0.2) is 0 Å². The molecule has 0 atom stereocenters. The van der Waals surface area contributed by atoms with Crippen LogP contribution in [0.2, 0.25) is 0 Å². The molecule has 104 valence electrons. The van der Waals surface area contributed by atoms with Crippen molar-refractivity contribution >= 4 is 11.9 Å². The molecule has 1 heterocycles. The molecule has 2 aromatic rings. The standard InChI is InChI=1S/C15H17N3O2/c1-2-13(19)16-15-18-17-14(20-15)12-8-7-10-5-3-4-6-11(10)9-12/h7-9H,2-6H2,1H3,(H,16,18,19). The quantitative estimate of drug-likeness (QED) is 0.931. The number of amides is 1. The van der Waals surface area contributed by atoms with E-state index in [0.717, 1.165) is 18.4 Å². The lowest BCUT2D eigenvalue weighted by Crippen LogP contribution is -2.09. The SMILES string of the molecule is CCC(=O)Nc1nnc(-c2ccc3c(c2)CCCC3)o1. The molecule has 0 unspecified atom stereocenters. The molecule has 0 aliphatic heterocycles. The fraction of sp³-hybridized carbons (Fsp3) is 0.400. The fourth-order valence-corrected chi connectivity index (χ4v) is 2.46. The highest BCUT2D eigenvalue weighted by Crippen LogP contribution is 2.27. The van der Waals surface area contributed by atoms with Crippen LogP contribution in [0.4, 0.5) is 6.01 Å². The maximum atomic E-state index is 11.3. The molecular weight excluding hydrogens is 254 g/mol. The van der Waals surface area contributed by atoms with E-state index in [1.807, 2.05) is 6.07 Å². The third-order valence-electron chi connectivity index (χ3n) is 3.59. The summed E-state index contributed by atoms with van der Waals surface area (Å²) in [5, 5.41) is 10.4. The molecule has 1 aromatic carbocycles. The van der Waals surface area contributed by atoms with Crippen molar-refractivity contribution in [1.29, 1.82) is 0 Å². The monoisotopic (exact) mass is 271 g/mol. The lowest BCUT2D eigenvalue weighted by atomic mass is 9.90. The molecule has 1 N–H and O–H groups in total. The Hall–Kier alpha value is -2.17. The lowest BCUT2D eigenvalue weighted by molar-refractivity contribution is -0.116. The Kier molecular flexibility index (Phi) is 3.50. The summed E-state index contributed by atoms with van der Waals surface area (Å²) in [5.41, 5.74) is 3.69. The summed E-state index contributed by atoms with van der Waals surface area (Å²) in [6.45, 7) is 1.77. The predicted octanol–water partition coefficient (Wildman–Crippen LogP) is 2.96. The van der Waals surface area contributed by atoms with Crippen LogP contribution in [0.15, 0.2) is 22.6 Å². The van der Waals surface area contributed by atoms with Crippen molar-refractivity contribution in [2.24, 2.45) is 0 Å². The predicted molar refractivity (Wildman–Crippen MR) is 75.3 cm³/mol. The number of fused-ring (bicyclic) bond motifs is 1. The molecule has 3 rings (SSSR count). The summed E-state index contributed by atoms with van der Waals surface area (Å²) >= 11 is 0. The summed E-state index contributed by atoms with van der Waals surface area (Å²) < 4.78 is 5.48. The lowest BCUT2D eigenvalue weighted by Gasteiger charge is -2.15. The number of aryl methyl sites for hydroxylation is 2. The number of benzene rings is 1. The van der Waals surface area contributed by atoms with E-state index in [0.29, 0.717) is 12.3 Å². The van der Waals surface area contributed by atoms with Gasteiger partial charge in [0.25, 0.3) is 0 Å². The first kappa shape index (κ1) is 12.8. The molecule has 1 amide bonds. The van der Waals surface area contributed by atoms with Crippen molar-refractivity contribution in [2.75, 3.05) is 5.32 Å². The van der Waals surface area contributed by atoms with Crippen molar-refractivity contribution in [3.05, 3.63) is 29.3 Å². The van der Waals surface area contributed by atoms with Crippen molar-refractivity contribution in [3.63, 3.8) is 0 Å². The first-order valence-corrected chi connectivity index (χ1v) is 7.02. The molecule has 1 aliphatic rings. The molecule has 0 spiro atoms. The molecular formula is C15H17N3O2. The van der Waals surface area contributed by atoms with Gasteiger partial charge in [-0.3, -0.25) is 10.1 Å². The van der Waals surface area contributed by atoms with Gasteiger partial charge in [0.05, 0.1) is 0 Å². The van der Waals surface area contributed by atoms with E-state index in [-0.39, 0.29) is 11.9 Å². The van der Waals surface area contributed by atoms with Crippen LogP contribution in [0.25, 0.3) is 11.5 Å². The Bertz CT molecular complexity index is 634. The van der Waals surface area contributed by atoms with Gasteiger partial charge >= 0.3 is 6.01 Å². The van der Waals surface area contributed by atoms with Gasteiger partial charge in [0.1, 0.15) is 0 Å². The van der Waals surface area contributed by atoms with E-state index in [1.165, 1.54) is 24.0 Å². The number of aromatic nitrogens is 2. The summed E-state index contributed by atoms with van der Waals surface area (Å²) in [4.78, 5) is 11.3. The van der Waals surface area contributed by atoms with Gasteiger partial charge in [-0.15, -0.1) is 5.10 Å². The number of anilines is 1. The number of hydrogen-bond donors (Lipinski definition) is 1. The van der Waals surface area contributed by atoms with Crippen molar-refractivity contribution in [3.8, 4) is 11.5 Å². The number of nitrogens with one attached hydrogen (secondary N) is 1. The van der Waals surface area contributed by atoms with Gasteiger partial charge in [0.2, 0.25) is 11.8 Å². The zero-order chi connectivity index (χ0) is 13.9.